The minimum atomic E-state index is -0.000938. The molecule has 0 saturated carbocycles. The van der Waals surface area contributed by atoms with Gasteiger partial charge in [-0.3, -0.25) is 4.79 Å². The molecule has 1 fully saturated rings. The van der Waals surface area contributed by atoms with Crippen molar-refractivity contribution < 1.29 is 9.59 Å². The largest absolute Gasteiger partial charge is 0.353 e. The fraction of sp³-hybridized carbons (Fsp3) is 0.579. The van der Waals surface area contributed by atoms with Gasteiger partial charge in [-0.25, -0.2) is 4.79 Å². The maximum absolute atomic E-state index is 12.1. The number of hydrogen-bond acceptors (Lipinski definition) is 2. The highest BCUT2D eigenvalue weighted by Gasteiger charge is 2.24. The first-order valence-electron chi connectivity index (χ1n) is 8.69. The highest BCUT2D eigenvalue weighted by Crippen LogP contribution is 2.13. The number of amides is 3. The van der Waals surface area contributed by atoms with Crippen molar-refractivity contribution in [1.29, 1.82) is 0 Å². The van der Waals surface area contributed by atoms with Crippen LogP contribution in [-0.4, -0.2) is 42.5 Å². The zero-order valence-electron chi connectivity index (χ0n) is 15.0. The van der Waals surface area contributed by atoms with Gasteiger partial charge in [0.05, 0.1) is 6.42 Å². The third kappa shape index (κ3) is 6.22. The molecule has 24 heavy (non-hydrogen) atoms. The average molecular weight is 331 g/mol. The molecule has 1 aliphatic heterocycles. The van der Waals surface area contributed by atoms with E-state index in [4.69, 9.17) is 0 Å². The van der Waals surface area contributed by atoms with Crippen LogP contribution >= 0.6 is 0 Å². The Hall–Kier alpha value is -2.04. The van der Waals surface area contributed by atoms with Crippen LogP contribution in [0.1, 0.15) is 39.2 Å². The second kappa shape index (κ2) is 8.18. The van der Waals surface area contributed by atoms with Gasteiger partial charge in [0.25, 0.3) is 0 Å². The molecule has 0 aliphatic carbocycles. The Balaban J connectivity index is 1.70. The normalized spacial score (nSPS) is 15.9. The first kappa shape index (κ1) is 18.3. The highest BCUT2D eigenvalue weighted by atomic mass is 16.2. The molecule has 3 amide bonds. The number of rotatable bonds is 4. The summed E-state index contributed by atoms with van der Waals surface area (Å²) in [4.78, 5) is 26.1. The van der Waals surface area contributed by atoms with Crippen LogP contribution in [0.4, 0.5) is 4.79 Å². The molecule has 132 valence electrons. The van der Waals surface area contributed by atoms with Crippen LogP contribution in [0.5, 0.6) is 0 Å². The van der Waals surface area contributed by atoms with Gasteiger partial charge >= 0.3 is 6.03 Å². The van der Waals surface area contributed by atoms with Gasteiger partial charge in [0.1, 0.15) is 0 Å². The number of hydrogen-bond donors (Lipinski definition) is 2. The minimum absolute atomic E-state index is 0.000938. The van der Waals surface area contributed by atoms with Crippen LogP contribution in [-0.2, 0) is 11.2 Å². The molecule has 1 aliphatic rings. The summed E-state index contributed by atoms with van der Waals surface area (Å²) in [7, 11) is 0. The minimum Gasteiger partial charge on any atom is -0.353 e. The van der Waals surface area contributed by atoms with Crippen molar-refractivity contribution >= 4 is 11.9 Å². The molecule has 1 heterocycles. The number of benzene rings is 1. The zero-order chi connectivity index (χ0) is 17.6. The lowest BCUT2D eigenvalue weighted by molar-refractivity contribution is -0.121. The van der Waals surface area contributed by atoms with E-state index >= 15 is 0 Å². The van der Waals surface area contributed by atoms with Crippen molar-refractivity contribution in [2.24, 2.45) is 5.41 Å². The zero-order valence-corrected chi connectivity index (χ0v) is 15.0. The SMILES string of the molecule is CC(C)(C)CNC(=O)N1CCC(NC(=O)Cc2ccccc2)CC1. The molecule has 0 atom stereocenters. The second-order valence-corrected chi connectivity index (χ2v) is 7.71. The van der Waals surface area contributed by atoms with Gasteiger partial charge in [0.2, 0.25) is 5.91 Å². The topological polar surface area (TPSA) is 61.4 Å². The van der Waals surface area contributed by atoms with E-state index in [0.29, 0.717) is 26.1 Å². The summed E-state index contributed by atoms with van der Waals surface area (Å²) in [6.45, 7) is 8.34. The van der Waals surface area contributed by atoms with Crippen molar-refractivity contribution in [3.63, 3.8) is 0 Å². The number of nitrogens with zero attached hydrogens (tertiary/aromatic N) is 1. The molecular weight excluding hydrogens is 302 g/mol. The molecule has 2 rings (SSSR count). The van der Waals surface area contributed by atoms with Crippen LogP contribution < -0.4 is 10.6 Å². The van der Waals surface area contributed by atoms with Crippen LogP contribution in [0.2, 0.25) is 0 Å². The molecule has 0 radical (unpaired) electrons. The lowest BCUT2D eigenvalue weighted by atomic mass is 9.97. The molecule has 5 nitrogen and oxygen atoms in total. The second-order valence-electron chi connectivity index (χ2n) is 7.71. The summed E-state index contributed by atoms with van der Waals surface area (Å²) >= 11 is 0. The van der Waals surface area contributed by atoms with Crippen LogP contribution in [0.25, 0.3) is 0 Å². The van der Waals surface area contributed by atoms with Crippen molar-refractivity contribution in [2.75, 3.05) is 19.6 Å². The smallest absolute Gasteiger partial charge is 0.317 e. The fourth-order valence-corrected chi connectivity index (χ4v) is 2.74. The third-order valence-electron chi connectivity index (χ3n) is 4.12. The Morgan fingerprint density at radius 1 is 1.12 bits per heavy atom. The van der Waals surface area contributed by atoms with Crippen molar-refractivity contribution in [3.05, 3.63) is 35.9 Å². The van der Waals surface area contributed by atoms with Gasteiger partial charge in [-0.15, -0.1) is 0 Å². The molecule has 1 aromatic rings. The summed E-state index contributed by atoms with van der Waals surface area (Å²) in [5.41, 5.74) is 1.10. The summed E-state index contributed by atoms with van der Waals surface area (Å²) < 4.78 is 0. The number of urea groups is 1. The first-order valence-corrected chi connectivity index (χ1v) is 8.69. The van der Waals surface area contributed by atoms with E-state index < -0.39 is 0 Å². The maximum Gasteiger partial charge on any atom is 0.317 e. The summed E-state index contributed by atoms with van der Waals surface area (Å²) in [5.74, 6) is 0.0526. The number of piperidine rings is 1. The Labute approximate surface area is 144 Å². The predicted octanol–water partition coefficient (Wildman–Crippen LogP) is 2.57. The van der Waals surface area contributed by atoms with Crippen molar-refractivity contribution in [3.8, 4) is 0 Å². The quantitative estimate of drug-likeness (QED) is 0.891. The fourth-order valence-electron chi connectivity index (χ4n) is 2.74. The predicted molar refractivity (Wildman–Crippen MR) is 95.7 cm³/mol. The summed E-state index contributed by atoms with van der Waals surface area (Å²) in [5, 5.41) is 6.07. The van der Waals surface area contributed by atoms with Gasteiger partial charge < -0.3 is 15.5 Å². The van der Waals surface area contributed by atoms with Gasteiger partial charge in [0.15, 0.2) is 0 Å². The van der Waals surface area contributed by atoms with E-state index in [1.165, 1.54) is 0 Å². The average Bonchev–Trinajstić information content (AvgIpc) is 2.53. The molecule has 2 N–H and O–H groups in total. The number of nitrogens with one attached hydrogen (secondary N) is 2. The van der Waals surface area contributed by atoms with Gasteiger partial charge in [-0.1, -0.05) is 51.1 Å². The van der Waals surface area contributed by atoms with Crippen molar-refractivity contribution in [2.45, 2.75) is 46.1 Å². The van der Waals surface area contributed by atoms with E-state index in [2.05, 4.69) is 31.4 Å². The molecule has 5 heteroatoms. The standard InChI is InChI=1S/C19H29N3O2/c1-19(2,3)14-20-18(24)22-11-9-16(10-12-22)21-17(23)13-15-7-5-4-6-8-15/h4-8,16H,9-14H2,1-3H3,(H,20,24)(H,21,23). The third-order valence-corrected chi connectivity index (χ3v) is 4.12. The Morgan fingerprint density at radius 2 is 1.75 bits per heavy atom. The molecule has 0 spiro atoms. The lowest BCUT2D eigenvalue weighted by Gasteiger charge is -2.33. The van der Waals surface area contributed by atoms with Crippen LogP contribution in [0.15, 0.2) is 30.3 Å². The van der Waals surface area contributed by atoms with Gasteiger partial charge in [0, 0.05) is 25.7 Å². The van der Waals surface area contributed by atoms with E-state index in [0.717, 1.165) is 18.4 Å². The van der Waals surface area contributed by atoms with Crippen LogP contribution in [0.3, 0.4) is 0 Å². The molecule has 1 aromatic carbocycles. The molecule has 0 aromatic heterocycles. The molecule has 0 bridgehead atoms. The molecule has 1 saturated heterocycles. The van der Waals surface area contributed by atoms with Crippen LogP contribution in [0, 0.1) is 5.41 Å². The number of carbonyl (C=O) groups excluding carboxylic acids is 2. The first-order chi connectivity index (χ1) is 11.3. The number of likely N-dealkylation sites (tertiary alicyclic amines) is 1. The summed E-state index contributed by atoms with van der Waals surface area (Å²) in [6.07, 6.45) is 2.03. The monoisotopic (exact) mass is 331 g/mol. The molecular formula is C19H29N3O2. The lowest BCUT2D eigenvalue weighted by Crippen LogP contribution is -2.50. The summed E-state index contributed by atoms with van der Waals surface area (Å²) in [6, 6.07) is 9.91. The highest BCUT2D eigenvalue weighted by molar-refractivity contribution is 5.79. The van der Waals surface area contributed by atoms with E-state index in [1.54, 1.807) is 0 Å². The number of carbonyl (C=O) groups is 2. The maximum atomic E-state index is 12.1. The Morgan fingerprint density at radius 3 is 2.33 bits per heavy atom. The van der Waals surface area contributed by atoms with E-state index in [9.17, 15) is 9.59 Å². The van der Waals surface area contributed by atoms with Crippen molar-refractivity contribution in [1.82, 2.24) is 15.5 Å². The van der Waals surface area contributed by atoms with Gasteiger partial charge in [-0.2, -0.15) is 0 Å². The van der Waals surface area contributed by atoms with Gasteiger partial charge in [-0.05, 0) is 23.8 Å². The van der Waals surface area contributed by atoms with E-state index in [1.807, 2.05) is 35.2 Å². The molecule has 0 unspecified atom stereocenters. The Bertz CT molecular complexity index is 543. The Kier molecular flexibility index (Phi) is 6.23. The van der Waals surface area contributed by atoms with E-state index in [-0.39, 0.29) is 23.4 Å².